The highest BCUT2D eigenvalue weighted by molar-refractivity contribution is 5.86. The Balaban J connectivity index is 0.00000112. The summed E-state index contributed by atoms with van der Waals surface area (Å²) in [6, 6.07) is 8.29. The molecule has 28 heavy (non-hydrogen) atoms. The number of rotatable bonds is 3. The maximum atomic E-state index is 6.27. The van der Waals surface area contributed by atoms with Gasteiger partial charge in [-0.2, -0.15) is 9.97 Å². The fraction of sp³-hybridized carbons (Fsp3) is 0.333. The number of halogens is 2. The van der Waals surface area contributed by atoms with Crippen molar-refractivity contribution >= 4 is 53.0 Å². The fourth-order valence-electron chi connectivity index (χ4n) is 3.69. The number of benzene rings is 1. The molecule has 10 heteroatoms. The Morgan fingerprint density at radius 1 is 1.07 bits per heavy atom. The molecule has 148 valence electrons. The molecule has 0 bridgehead atoms. The van der Waals surface area contributed by atoms with Crippen molar-refractivity contribution in [2.75, 3.05) is 5.32 Å². The summed E-state index contributed by atoms with van der Waals surface area (Å²) in [5, 5.41) is 3.43. The van der Waals surface area contributed by atoms with Crippen molar-refractivity contribution in [3.63, 3.8) is 0 Å². The van der Waals surface area contributed by atoms with Crippen molar-refractivity contribution in [3.8, 4) is 5.82 Å². The van der Waals surface area contributed by atoms with E-state index in [0.29, 0.717) is 11.6 Å². The second kappa shape index (κ2) is 8.30. The average Bonchev–Trinajstić information content (AvgIpc) is 3.30. The number of nitrogens with two attached hydrogens (primary N) is 1. The molecule has 1 saturated carbocycles. The van der Waals surface area contributed by atoms with Crippen molar-refractivity contribution < 1.29 is 0 Å². The molecule has 8 nitrogen and oxygen atoms in total. The third kappa shape index (κ3) is 3.50. The van der Waals surface area contributed by atoms with Gasteiger partial charge in [0.15, 0.2) is 11.5 Å². The molecule has 1 aromatic carbocycles. The van der Waals surface area contributed by atoms with E-state index in [1.165, 1.54) is 12.8 Å². The summed E-state index contributed by atoms with van der Waals surface area (Å²) in [6.07, 6.45) is 7.84. The highest BCUT2D eigenvalue weighted by Crippen LogP contribution is 2.24. The SMILES string of the molecule is Cl.Cl.NC1CCCCC1Nc1nc(-n2cnc3ccccc32)c2[nH]cnc2n1. The first-order valence-electron chi connectivity index (χ1n) is 8.95. The molecule has 1 fully saturated rings. The van der Waals surface area contributed by atoms with Crippen LogP contribution in [0.25, 0.3) is 28.0 Å². The summed E-state index contributed by atoms with van der Waals surface area (Å²) in [7, 11) is 0. The van der Waals surface area contributed by atoms with Gasteiger partial charge in [-0.25, -0.2) is 9.97 Å². The fourth-order valence-corrected chi connectivity index (χ4v) is 3.69. The van der Waals surface area contributed by atoms with Gasteiger partial charge in [0.2, 0.25) is 5.95 Å². The number of hydrogen-bond donors (Lipinski definition) is 3. The van der Waals surface area contributed by atoms with Crippen LogP contribution in [0.1, 0.15) is 25.7 Å². The number of aromatic amines is 1. The minimum Gasteiger partial charge on any atom is -0.350 e. The second-order valence-electron chi connectivity index (χ2n) is 6.77. The van der Waals surface area contributed by atoms with E-state index in [4.69, 9.17) is 10.7 Å². The number of para-hydroxylation sites is 2. The third-order valence-electron chi connectivity index (χ3n) is 5.08. The summed E-state index contributed by atoms with van der Waals surface area (Å²) in [4.78, 5) is 21.3. The van der Waals surface area contributed by atoms with Crippen LogP contribution in [0.2, 0.25) is 0 Å². The minimum absolute atomic E-state index is 0. The Bertz CT molecular complexity index is 1080. The van der Waals surface area contributed by atoms with Gasteiger partial charge in [0.1, 0.15) is 11.8 Å². The van der Waals surface area contributed by atoms with Crippen LogP contribution in [-0.4, -0.2) is 41.6 Å². The van der Waals surface area contributed by atoms with Crippen molar-refractivity contribution in [2.45, 2.75) is 37.8 Å². The molecule has 0 spiro atoms. The molecule has 3 heterocycles. The molecule has 3 aromatic heterocycles. The summed E-state index contributed by atoms with van der Waals surface area (Å²) < 4.78 is 1.96. The van der Waals surface area contributed by atoms with Crippen LogP contribution < -0.4 is 11.1 Å². The second-order valence-corrected chi connectivity index (χ2v) is 6.77. The molecule has 1 aliphatic rings. The third-order valence-corrected chi connectivity index (χ3v) is 5.08. The first-order chi connectivity index (χ1) is 12.8. The first kappa shape index (κ1) is 20.3. The van der Waals surface area contributed by atoms with Gasteiger partial charge in [-0.15, -0.1) is 24.8 Å². The lowest BCUT2D eigenvalue weighted by molar-refractivity contribution is 0.402. The summed E-state index contributed by atoms with van der Waals surface area (Å²) in [6.45, 7) is 0. The lowest BCUT2D eigenvalue weighted by Crippen LogP contribution is -2.43. The molecule has 4 N–H and O–H groups in total. The van der Waals surface area contributed by atoms with Gasteiger partial charge in [-0.3, -0.25) is 4.57 Å². The largest absolute Gasteiger partial charge is 0.350 e. The molecule has 5 rings (SSSR count). The number of fused-ring (bicyclic) bond motifs is 2. The van der Waals surface area contributed by atoms with Gasteiger partial charge in [-0.05, 0) is 25.0 Å². The van der Waals surface area contributed by atoms with E-state index in [2.05, 4.69) is 25.3 Å². The van der Waals surface area contributed by atoms with E-state index in [9.17, 15) is 0 Å². The molecule has 2 atom stereocenters. The molecule has 0 aliphatic heterocycles. The van der Waals surface area contributed by atoms with Crippen molar-refractivity contribution in [2.24, 2.45) is 5.73 Å². The Morgan fingerprint density at radius 2 is 1.89 bits per heavy atom. The standard InChI is InChI=1S/C18H20N8.2ClH/c19-11-5-1-2-6-12(11)23-18-24-16-15(20-9-21-16)17(25-18)26-10-22-13-7-3-4-8-14(13)26;;/h3-4,7-12H,1-2,5-6,19H2,(H2,20,21,23,24,25);2*1H. The first-order valence-corrected chi connectivity index (χ1v) is 8.95. The number of anilines is 1. The van der Waals surface area contributed by atoms with Gasteiger partial charge in [0.05, 0.1) is 17.4 Å². The summed E-state index contributed by atoms with van der Waals surface area (Å²) in [5.41, 5.74) is 9.59. The highest BCUT2D eigenvalue weighted by atomic mass is 35.5. The summed E-state index contributed by atoms with van der Waals surface area (Å²) >= 11 is 0. The zero-order valence-electron chi connectivity index (χ0n) is 15.1. The number of nitrogens with zero attached hydrogens (tertiary/aromatic N) is 5. The van der Waals surface area contributed by atoms with Crippen LogP contribution in [0.15, 0.2) is 36.9 Å². The van der Waals surface area contributed by atoms with Crippen LogP contribution in [0.3, 0.4) is 0 Å². The van der Waals surface area contributed by atoms with Gasteiger partial charge in [-0.1, -0.05) is 25.0 Å². The van der Waals surface area contributed by atoms with Crippen molar-refractivity contribution in [1.29, 1.82) is 0 Å². The van der Waals surface area contributed by atoms with Gasteiger partial charge in [0.25, 0.3) is 0 Å². The van der Waals surface area contributed by atoms with Gasteiger partial charge >= 0.3 is 0 Å². The van der Waals surface area contributed by atoms with Gasteiger partial charge < -0.3 is 16.0 Å². The topological polar surface area (TPSA) is 110 Å². The lowest BCUT2D eigenvalue weighted by Gasteiger charge is -2.29. The Kier molecular flexibility index (Phi) is 6.02. The van der Waals surface area contributed by atoms with Crippen LogP contribution in [0, 0.1) is 0 Å². The van der Waals surface area contributed by atoms with Crippen LogP contribution >= 0.6 is 24.8 Å². The van der Waals surface area contributed by atoms with E-state index in [1.807, 2.05) is 28.8 Å². The molecule has 0 radical (unpaired) electrons. The number of hydrogen-bond acceptors (Lipinski definition) is 6. The van der Waals surface area contributed by atoms with Crippen LogP contribution in [0.5, 0.6) is 0 Å². The van der Waals surface area contributed by atoms with E-state index in [-0.39, 0.29) is 36.9 Å². The maximum Gasteiger partial charge on any atom is 0.227 e. The predicted molar refractivity (Wildman–Crippen MR) is 115 cm³/mol. The zero-order chi connectivity index (χ0) is 17.5. The quantitative estimate of drug-likeness (QED) is 0.469. The molecule has 2 unspecified atom stereocenters. The van der Waals surface area contributed by atoms with Crippen LogP contribution in [0.4, 0.5) is 5.95 Å². The van der Waals surface area contributed by atoms with Gasteiger partial charge in [0, 0.05) is 12.1 Å². The molecular weight excluding hydrogens is 399 g/mol. The van der Waals surface area contributed by atoms with E-state index >= 15 is 0 Å². The smallest absolute Gasteiger partial charge is 0.227 e. The summed E-state index contributed by atoms with van der Waals surface area (Å²) in [5.74, 6) is 1.29. The van der Waals surface area contributed by atoms with E-state index in [0.717, 1.165) is 35.2 Å². The Morgan fingerprint density at radius 3 is 2.75 bits per heavy atom. The number of imidazole rings is 2. The lowest BCUT2D eigenvalue weighted by atomic mass is 9.91. The monoisotopic (exact) mass is 420 g/mol. The number of H-pyrrole nitrogens is 1. The highest BCUT2D eigenvalue weighted by Gasteiger charge is 2.23. The Hall–Kier alpha value is -2.42. The van der Waals surface area contributed by atoms with E-state index < -0.39 is 0 Å². The predicted octanol–water partition coefficient (Wildman–Crippen LogP) is 3.22. The average molecular weight is 421 g/mol. The molecule has 0 amide bonds. The number of aromatic nitrogens is 6. The number of nitrogens with one attached hydrogen (secondary N) is 2. The van der Waals surface area contributed by atoms with Crippen molar-refractivity contribution in [3.05, 3.63) is 36.9 Å². The zero-order valence-corrected chi connectivity index (χ0v) is 16.7. The molecule has 0 saturated heterocycles. The maximum absolute atomic E-state index is 6.27. The van der Waals surface area contributed by atoms with Crippen molar-refractivity contribution in [1.82, 2.24) is 29.5 Å². The van der Waals surface area contributed by atoms with Crippen LogP contribution in [-0.2, 0) is 0 Å². The minimum atomic E-state index is 0. The molecular formula is C18H22Cl2N8. The molecule has 1 aliphatic carbocycles. The van der Waals surface area contributed by atoms with E-state index in [1.54, 1.807) is 12.7 Å². The molecule has 4 aromatic rings. The Labute approximate surface area is 174 Å². The normalized spacial score (nSPS) is 19.2.